The van der Waals surface area contributed by atoms with E-state index in [1.165, 1.54) is 11.1 Å². The Hall–Kier alpha value is -2.04. The van der Waals surface area contributed by atoms with Crippen molar-refractivity contribution in [3.63, 3.8) is 0 Å². The monoisotopic (exact) mass is 339 g/mol. The molecule has 4 heteroatoms. The average Bonchev–Trinajstić information content (AvgIpc) is 2.78. The van der Waals surface area contributed by atoms with Crippen molar-refractivity contribution >= 4 is 0 Å². The number of rotatable bonds is 3. The lowest BCUT2D eigenvalue weighted by atomic mass is 9.93. The first-order valence-electron chi connectivity index (χ1n) is 8.96. The van der Waals surface area contributed by atoms with Gasteiger partial charge in [-0.05, 0) is 23.8 Å². The van der Waals surface area contributed by atoms with Crippen LogP contribution < -0.4 is 9.47 Å². The standard InChI is InChI=1S/C21H25NO3/c1-23-19-7-4-5-17(13-19)14-22-15-18-6-2-3-8-20(18)25-21(16-22)9-11-24-12-10-21/h2-8,13H,9-12,14-16H2,1H3. The maximum Gasteiger partial charge on any atom is 0.126 e. The summed E-state index contributed by atoms with van der Waals surface area (Å²) in [6, 6.07) is 16.8. The fourth-order valence-electron chi connectivity index (χ4n) is 3.85. The van der Waals surface area contributed by atoms with Gasteiger partial charge in [0.1, 0.15) is 17.1 Å². The van der Waals surface area contributed by atoms with Crippen LogP contribution in [-0.2, 0) is 17.8 Å². The predicted octanol–water partition coefficient (Wildman–Crippen LogP) is 3.64. The third kappa shape index (κ3) is 3.65. The second-order valence-electron chi connectivity index (χ2n) is 7.00. The Morgan fingerprint density at radius 2 is 1.92 bits per heavy atom. The number of para-hydroxylation sites is 1. The van der Waals surface area contributed by atoms with Gasteiger partial charge < -0.3 is 14.2 Å². The van der Waals surface area contributed by atoms with Crippen LogP contribution in [0.15, 0.2) is 48.5 Å². The largest absolute Gasteiger partial charge is 0.497 e. The van der Waals surface area contributed by atoms with Gasteiger partial charge in [-0.2, -0.15) is 0 Å². The summed E-state index contributed by atoms with van der Waals surface area (Å²) in [4.78, 5) is 2.49. The summed E-state index contributed by atoms with van der Waals surface area (Å²) in [5, 5.41) is 0. The number of benzene rings is 2. The maximum atomic E-state index is 6.55. The zero-order chi connectivity index (χ0) is 17.1. The Bertz CT molecular complexity index is 725. The van der Waals surface area contributed by atoms with E-state index in [0.717, 1.165) is 57.2 Å². The fraction of sp³-hybridized carbons (Fsp3) is 0.429. The molecule has 132 valence electrons. The summed E-state index contributed by atoms with van der Waals surface area (Å²) in [5.74, 6) is 1.93. The molecule has 0 atom stereocenters. The van der Waals surface area contributed by atoms with Crippen LogP contribution in [0.2, 0.25) is 0 Å². The van der Waals surface area contributed by atoms with Gasteiger partial charge in [0, 0.05) is 38.0 Å². The van der Waals surface area contributed by atoms with E-state index >= 15 is 0 Å². The van der Waals surface area contributed by atoms with Crippen molar-refractivity contribution in [2.45, 2.75) is 31.5 Å². The molecule has 2 aliphatic heterocycles. The minimum atomic E-state index is -0.149. The Balaban J connectivity index is 1.62. The zero-order valence-electron chi connectivity index (χ0n) is 14.7. The highest BCUT2D eigenvalue weighted by atomic mass is 16.5. The molecular weight excluding hydrogens is 314 g/mol. The first-order chi connectivity index (χ1) is 12.3. The Morgan fingerprint density at radius 3 is 2.76 bits per heavy atom. The highest BCUT2D eigenvalue weighted by Gasteiger charge is 2.39. The van der Waals surface area contributed by atoms with Crippen molar-refractivity contribution in [2.24, 2.45) is 0 Å². The molecule has 0 radical (unpaired) electrons. The first kappa shape index (κ1) is 16.4. The molecule has 2 aliphatic rings. The van der Waals surface area contributed by atoms with E-state index in [9.17, 15) is 0 Å². The SMILES string of the molecule is COc1cccc(CN2Cc3ccccc3OC3(CCOCC3)C2)c1. The maximum absolute atomic E-state index is 6.55. The van der Waals surface area contributed by atoms with Gasteiger partial charge in [-0.15, -0.1) is 0 Å². The van der Waals surface area contributed by atoms with Gasteiger partial charge in [-0.1, -0.05) is 30.3 Å². The van der Waals surface area contributed by atoms with Gasteiger partial charge in [0.05, 0.1) is 20.3 Å². The molecule has 25 heavy (non-hydrogen) atoms. The highest BCUT2D eigenvalue weighted by Crippen LogP contribution is 2.35. The molecule has 2 aromatic rings. The minimum absolute atomic E-state index is 0.149. The first-order valence-corrected chi connectivity index (χ1v) is 8.96. The van der Waals surface area contributed by atoms with Crippen molar-refractivity contribution in [1.29, 1.82) is 0 Å². The molecule has 2 aromatic carbocycles. The van der Waals surface area contributed by atoms with Crippen LogP contribution in [0.5, 0.6) is 11.5 Å². The quantitative estimate of drug-likeness (QED) is 0.854. The number of ether oxygens (including phenoxy) is 3. The molecule has 1 saturated heterocycles. The van der Waals surface area contributed by atoms with Gasteiger partial charge >= 0.3 is 0 Å². The molecule has 0 bridgehead atoms. The van der Waals surface area contributed by atoms with E-state index in [1.807, 2.05) is 6.07 Å². The Morgan fingerprint density at radius 1 is 1.08 bits per heavy atom. The minimum Gasteiger partial charge on any atom is -0.497 e. The summed E-state index contributed by atoms with van der Waals surface area (Å²) in [7, 11) is 1.71. The van der Waals surface area contributed by atoms with E-state index in [-0.39, 0.29) is 5.60 Å². The average molecular weight is 339 g/mol. The number of nitrogens with zero attached hydrogens (tertiary/aromatic N) is 1. The van der Waals surface area contributed by atoms with Gasteiger partial charge in [0.15, 0.2) is 0 Å². The van der Waals surface area contributed by atoms with Gasteiger partial charge in [-0.25, -0.2) is 0 Å². The lowest BCUT2D eigenvalue weighted by Gasteiger charge is -2.39. The van der Waals surface area contributed by atoms with E-state index in [0.29, 0.717) is 0 Å². The van der Waals surface area contributed by atoms with Crippen LogP contribution in [0.1, 0.15) is 24.0 Å². The molecule has 4 rings (SSSR count). The molecule has 0 N–H and O–H groups in total. The topological polar surface area (TPSA) is 30.9 Å². The van der Waals surface area contributed by atoms with Crippen LogP contribution in [0.3, 0.4) is 0 Å². The van der Waals surface area contributed by atoms with Crippen LogP contribution in [-0.4, -0.2) is 37.4 Å². The van der Waals surface area contributed by atoms with E-state index in [4.69, 9.17) is 14.2 Å². The van der Waals surface area contributed by atoms with Crippen LogP contribution in [0.4, 0.5) is 0 Å². The van der Waals surface area contributed by atoms with Crippen molar-refractivity contribution in [2.75, 3.05) is 26.9 Å². The molecule has 0 saturated carbocycles. The summed E-state index contributed by atoms with van der Waals surface area (Å²) in [6.45, 7) is 4.25. The second kappa shape index (κ2) is 7.06. The summed E-state index contributed by atoms with van der Waals surface area (Å²) in [5.41, 5.74) is 2.37. The van der Waals surface area contributed by atoms with Crippen molar-refractivity contribution < 1.29 is 14.2 Å². The van der Waals surface area contributed by atoms with Crippen molar-refractivity contribution in [1.82, 2.24) is 4.90 Å². The lowest BCUT2D eigenvalue weighted by molar-refractivity contribution is -0.0594. The number of hydrogen-bond donors (Lipinski definition) is 0. The smallest absolute Gasteiger partial charge is 0.126 e. The number of methoxy groups -OCH3 is 1. The number of hydrogen-bond acceptors (Lipinski definition) is 4. The third-order valence-corrected chi connectivity index (χ3v) is 5.15. The van der Waals surface area contributed by atoms with Crippen LogP contribution in [0.25, 0.3) is 0 Å². The molecule has 0 aromatic heterocycles. The summed E-state index contributed by atoms with van der Waals surface area (Å²) in [6.07, 6.45) is 1.88. The van der Waals surface area contributed by atoms with Gasteiger partial charge in [-0.3, -0.25) is 4.90 Å². The Kier molecular flexibility index (Phi) is 4.64. The highest BCUT2D eigenvalue weighted by molar-refractivity contribution is 5.35. The van der Waals surface area contributed by atoms with E-state index < -0.39 is 0 Å². The summed E-state index contributed by atoms with van der Waals surface area (Å²) < 4.78 is 17.5. The number of fused-ring (bicyclic) bond motifs is 1. The zero-order valence-corrected chi connectivity index (χ0v) is 14.7. The molecule has 2 heterocycles. The molecule has 0 unspecified atom stereocenters. The van der Waals surface area contributed by atoms with Crippen LogP contribution >= 0.6 is 0 Å². The van der Waals surface area contributed by atoms with E-state index in [2.05, 4.69) is 47.4 Å². The third-order valence-electron chi connectivity index (χ3n) is 5.15. The molecule has 0 amide bonds. The van der Waals surface area contributed by atoms with Crippen LogP contribution in [0, 0.1) is 0 Å². The lowest BCUT2D eigenvalue weighted by Crippen LogP contribution is -2.49. The molecule has 1 fully saturated rings. The predicted molar refractivity (Wildman–Crippen MR) is 97.0 cm³/mol. The molecule has 1 spiro atoms. The van der Waals surface area contributed by atoms with Gasteiger partial charge in [0.2, 0.25) is 0 Å². The summed E-state index contributed by atoms with van der Waals surface area (Å²) >= 11 is 0. The fourth-order valence-corrected chi connectivity index (χ4v) is 3.85. The molecular formula is C21H25NO3. The van der Waals surface area contributed by atoms with Crippen molar-refractivity contribution in [3.05, 3.63) is 59.7 Å². The Labute approximate surface area is 149 Å². The van der Waals surface area contributed by atoms with Crippen molar-refractivity contribution in [3.8, 4) is 11.5 Å². The molecule has 4 nitrogen and oxygen atoms in total. The van der Waals surface area contributed by atoms with Gasteiger partial charge in [0.25, 0.3) is 0 Å². The second-order valence-corrected chi connectivity index (χ2v) is 7.00. The normalized spacial score (nSPS) is 19.7. The molecule has 0 aliphatic carbocycles. The van der Waals surface area contributed by atoms with E-state index in [1.54, 1.807) is 7.11 Å².